The largest absolute Gasteiger partial charge is 0.478 e. The third-order valence-corrected chi connectivity index (χ3v) is 12.3. The summed E-state index contributed by atoms with van der Waals surface area (Å²) < 4.78 is 43.9. The molecule has 0 saturated carbocycles. The molecule has 2 aromatic carbocycles. The van der Waals surface area contributed by atoms with Crippen LogP contribution in [0.25, 0.3) is 5.57 Å². The summed E-state index contributed by atoms with van der Waals surface area (Å²) in [4.78, 5) is 16.6. The molecule has 4 atom stereocenters. The van der Waals surface area contributed by atoms with E-state index in [2.05, 4.69) is 46.9 Å². The number of fused-ring (bicyclic) bond motifs is 4. The van der Waals surface area contributed by atoms with Crippen LogP contribution in [-0.4, -0.2) is 41.8 Å². The molecule has 2 aromatic rings. The van der Waals surface area contributed by atoms with Crippen molar-refractivity contribution in [1.82, 2.24) is 0 Å². The number of allylic oxidation sites excluding steroid dienone is 2. The molecule has 0 saturated heterocycles. The number of nitrogens with zero attached hydrogens (tertiary/aromatic N) is 1. The van der Waals surface area contributed by atoms with Crippen LogP contribution < -0.4 is 10.1 Å². The van der Waals surface area contributed by atoms with Crippen LogP contribution in [0.15, 0.2) is 57.1 Å². The molecule has 9 heteroatoms. The normalized spacial score (nSPS) is 28.8. The van der Waals surface area contributed by atoms with Gasteiger partial charge in [0, 0.05) is 39.3 Å². The van der Waals surface area contributed by atoms with Gasteiger partial charge >= 0.3 is 5.97 Å². The van der Waals surface area contributed by atoms with Gasteiger partial charge in [-0.2, -0.15) is 8.42 Å². The average Bonchev–Trinajstić information content (AvgIpc) is 3.29. The summed E-state index contributed by atoms with van der Waals surface area (Å²) in [6, 6.07) is 8.68. The van der Waals surface area contributed by atoms with Crippen molar-refractivity contribution in [2.75, 3.05) is 5.32 Å². The Morgan fingerprint density at radius 3 is 2.33 bits per heavy atom. The number of aliphatic imine (C=N–C) groups is 1. The zero-order chi connectivity index (χ0) is 31.4. The zero-order valence-electron chi connectivity index (χ0n) is 26.0. The number of carboxylic acids is 1. The predicted octanol–water partition coefficient (Wildman–Crippen LogP) is 7.25. The Balaban J connectivity index is 1.77. The van der Waals surface area contributed by atoms with Crippen molar-refractivity contribution in [1.29, 1.82) is 0 Å². The van der Waals surface area contributed by atoms with E-state index in [-0.39, 0.29) is 39.1 Å². The van der Waals surface area contributed by atoms with Crippen molar-refractivity contribution in [3.63, 3.8) is 0 Å². The van der Waals surface area contributed by atoms with Gasteiger partial charge < -0.3 is 15.2 Å². The molecule has 1 aliphatic carbocycles. The van der Waals surface area contributed by atoms with Gasteiger partial charge in [0.25, 0.3) is 10.1 Å². The zero-order valence-corrected chi connectivity index (χ0v) is 26.9. The topological polar surface area (TPSA) is 125 Å². The lowest BCUT2D eigenvalue weighted by atomic mass is 9.56. The molecule has 228 valence electrons. The Morgan fingerprint density at radius 2 is 1.77 bits per heavy atom. The number of ether oxygens (including phenoxy) is 1. The van der Waals surface area contributed by atoms with E-state index in [1.54, 1.807) is 24.3 Å². The highest BCUT2D eigenvalue weighted by Gasteiger charge is 2.57. The second-order valence-electron chi connectivity index (χ2n) is 13.5. The summed E-state index contributed by atoms with van der Waals surface area (Å²) in [5.74, 6) is -0.371. The van der Waals surface area contributed by atoms with Gasteiger partial charge in [0.15, 0.2) is 10.6 Å². The molecule has 0 aromatic heterocycles. The van der Waals surface area contributed by atoms with Crippen LogP contribution in [0.1, 0.15) is 102 Å². The van der Waals surface area contributed by atoms with Crippen LogP contribution in [0, 0.1) is 10.8 Å². The van der Waals surface area contributed by atoms with E-state index >= 15 is 0 Å². The monoisotopic (exact) mass is 604 g/mol. The van der Waals surface area contributed by atoms with Gasteiger partial charge in [0.05, 0.1) is 17.3 Å². The number of rotatable bonds is 5. The van der Waals surface area contributed by atoms with E-state index < -0.39 is 21.5 Å². The first-order valence-electron chi connectivity index (χ1n) is 15.0. The molecule has 4 aliphatic rings. The first-order valence-corrected chi connectivity index (χ1v) is 16.5. The Morgan fingerprint density at radius 1 is 1.12 bits per heavy atom. The Kier molecular flexibility index (Phi) is 6.40. The third kappa shape index (κ3) is 3.86. The van der Waals surface area contributed by atoms with E-state index in [0.29, 0.717) is 29.9 Å². The van der Waals surface area contributed by atoms with Crippen LogP contribution in [-0.2, 0) is 15.5 Å². The van der Waals surface area contributed by atoms with Crippen molar-refractivity contribution < 1.29 is 27.6 Å². The van der Waals surface area contributed by atoms with E-state index in [9.17, 15) is 22.9 Å². The number of benzene rings is 2. The SMILES string of the molecule is CCC1=C2Oc3c(cc4c(c3S(=O)(=O)O)NC(C)C4(C)CC)C(c3ccc(C(=O)O)cc3)=C2CC2(C)C1=NC(C)C2(C)C. The quantitative estimate of drug-likeness (QED) is 0.307. The molecule has 8 nitrogen and oxygen atoms in total. The number of carboxylic acid groups (broad SMARTS) is 1. The highest BCUT2D eigenvalue weighted by Crippen LogP contribution is 2.62. The fraction of sp³-hybridized carbons (Fsp3) is 0.471. The predicted molar refractivity (Wildman–Crippen MR) is 168 cm³/mol. The van der Waals surface area contributed by atoms with Crippen molar-refractivity contribution in [2.45, 2.75) is 97.0 Å². The fourth-order valence-electron chi connectivity index (χ4n) is 7.61. The van der Waals surface area contributed by atoms with Crippen LogP contribution in [0.2, 0.25) is 0 Å². The summed E-state index contributed by atoms with van der Waals surface area (Å²) in [5, 5.41) is 13.0. The molecule has 0 fully saturated rings. The Bertz CT molecular complexity index is 1800. The standard InChI is InChI=1S/C34H40N2O6S/c1-9-21-27-23(16-34(8)30(21)36-17(3)32(34,5)6)25(19-11-13-20(14-12-19)31(37)38)22-15-24-26(35-18(4)33(24,7)10-2)29(28(22)42-27)43(39,40)41/h11-15,17-18,35H,9-10,16H2,1-8H3,(H,37,38)(H,39,40,41). The lowest BCUT2D eigenvalue weighted by Gasteiger charge is -2.46. The van der Waals surface area contributed by atoms with Crippen LogP contribution in [0.5, 0.6) is 5.75 Å². The van der Waals surface area contributed by atoms with Crippen LogP contribution in [0.4, 0.5) is 5.69 Å². The maximum atomic E-state index is 13.2. The first-order chi connectivity index (χ1) is 20.0. The number of nitrogens with one attached hydrogen (secondary N) is 1. The minimum atomic E-state index is -4.73. The Hall–Kier alpha value is -3.43. The average molecular weight is 605 g/mol. The van der Waals surface area contributed by atoms with E-state index in [0.717, 1.165) is 40.0 Å². The van der Waals surface area contributed by atoms with Gasteiger partial charge in [-0.3, -0.25) is 9.55 Å². The lowest BCUT2D eigenvalue weighted by Crippen LogP contribution is -2.45. The van der Waals surface area contributed by atoms with Gasteiger partial charge in [-0.15, -0.1) is 0 Å². The minimum absolute atomic E-state index is 0.0595. The first kappa shape index (κ1) is 29.6. The van der Waals surface area contributed by atoms with Crippen LogP contribution >= 0.6 is 0 Å². The molecule has 0 bridgehead atoms. The van der Waals surface area contributed by atoms with Crippen LogP contribution in [0.3, 0.4) is 0 Å². The van der Waals surface area contributed by atoms with Gasteiger partial charge in [-0.1, -0.05) is 53.7 Å². The van der Waals surface area contributed by atoms with Gasteiger partial charge in [0.1, 0.15) is 5.76 Å². The van der Waals surface area contributed by atoms with E-state index in [4.69, 9.17) is 9.73 Å². The lowest BCUT2D eigenvalue weighted by molar-refractivity contribution is 0.0697. The molecular weight excluding hydrogens is 564 g/mol. The highest BCUT2D eigenvalue weighted by molar-refractivity contribution is 7.86. The molecular formula is C34H40N2O6S. The molecule has 3 N–H and O–H groups in total. The molecule has 4 unspecified atom stereocenters. The number of hydrogen-bond donors (Lipinski definition) is 3. The fourth-order valence-corrected chi connectivity index (χ4v) is 8.42. The van der Waals surface area contributed by atoms with E-state index in [1.807, 2.05) is 19.9 Å². The van der Waals surface area contributed by atoms with Crippen molar-refractivity contribution >= 4 is 33.1 Å². The molecule has 43 heavy (non-hydrogen) atoms. The number of hydrogen-bond acceptors (Lipinski definition) is 6. The number of aromatic carboxylic acids is 1. The molecule has 0 amide bonds. The second-order valence-corrected chi connectivity index (χ2v) is 14.9. The smallest absolute Gasteiger partial charge is 0.335 e. The molecule has 0 spiro atoms. The third-order valence-electron chi connectivity index (χ3n) is 11.4. The second kappa shape index (κ2) is 9.29. The van der Waals surface area contributed by atoms with Gasteiger partial charge in [-0.25, -0.2) is 4.79 Å². The molecule has 0 radical (unpaired) electrons. The van der Waals surface area contributed by atoms with Crippen molar-refractivity contribution in [2.24, 2.45) is 15.8 Å². The van der Waals surface area contributed by atoms with Crippen molar-refractivity contribution in [3.8, 4) is 5.75 Å². The highest BCUT2D eigenvalue weighted by atomic mass is 32.2. The summed E-state index contributed by atoms with van der Waals surface area (Å²) in [6.07, 6.45) is 1.97. The van der Waals surface area contributed by atoms with Crippen molar-refractivity contribution in [3.05, 3.63) is 69.5 Å². The van der Waals surface area contributed by atoms with Gasteiger partial charge in [0.2, 0.25) is 0 Å². The molecule has 6 rings (SSSR count). The van der Waals surface area contributed by atoms with Gasteiger partial charge in [-0.05, 0) is 73.4 Å². The minimum Gasteiger partial charge on any atom is -0.478 e. The molecule has 3 heterocycles. The van der Waals surface area contributed by atoms with E-state index in [1.165, 1.54) is 0 Å². The summed E-state index contributed by atoms with van der Waals surface area (Å²) >= 11 is 0. The maximum absolute atomic E-state index is 13.2. The Labute approximate surface area is 253 Å². The number of anilines is 1. The molecule has 3 aliphatic heterocycles. The summed E-state index contributed by atoms with van der Waals surface area (Å²) in [6.45, 7) is 17.1. The summed E-state index contributed by atoms with van der Waals surface area (Å²) in [5.41, 5.74) is 5.41. The summed E-state index contributed by atoms with van der Waals surface area (Å²) in [7, 11) is -4.73. The number of carbonyl (C=O) groups is 1. The maximum Gasteiger partial charge on any atom is 0.335 e.